The molecule has 0 spiro atoms. The SMILES string of the molecule is CN(COC1CCCC1)CC(NS(=O)(=O)c1ccccc1)c1ccc(Cl)c(Cl)c1. The van der Waals surface area contributed by atoms with E-state index < -0.39 is 16.1 Å². The molecule has 0 aliphatic heterocycles. The lowest BCUT2D eigenvalue weighted by molar-refractivity contribution is -0.0113. The maximum atomic E-state index is 12.9. The van der Waals surface area contributed by atoms with Gasteiger partial charge < -0.3 is 4.74 Å². The van der Waals surface area contributed by atoms with Crippen molar-refractivity contribution in [1.29, 1.82) is 0 Å². The highest BCUT2D eigenvalue weighted by molar-refractivity contribution is 7.89. The molecule has 0 heterocycles. The first-order valence-electron chi connectivity index (χ1n) is 9.67. The van der Waals surface area contributed by atoms with Gasteiger partial charge in [-0.2, -0.15) is 0 Å². The Hall–Kier alpha value is -1.15. The molecule has 2 aromatic rings. The molecule has 1 aliphatic rings. The Morgan fingerprint density at radius 2 is 1.79 bits per heavy atom. The molecule has 1 saturated carbocycles. The lowest BCUT2D eigenvalue weighted by Gasteiger charge is -2.26. The Balaban J connectivity index is 1.76. The van der Waals surface area contributed by atoms with Crippen molar-refractivity contribution in [1.82, 2.24) is 9.62 Å². The number of halogens is 2. The number of likely N-dealkylation sites (N-methyl/N-ethyl adjacent to an activating group) is 1. The van der Waals surface area contributed by atoms with E-state index in [1.54, 1.807) is 48.5 Å². The molecule has 0 saturated heterocycles. The molecule has 158 valence electrons. The zero-order valence-corrected chi connectivity index (χ0v) is 18.7. The summed E-state index contributed by atoms with van der Waals surface area (Å²) in [6, 6.07) is 13.0. The van der Waals surface area contributed by atoms with Crippen LogP contribution in [0.3, 0.4) is 0 Å². The first kappa shape index (κ1) is 22.5. The van der Waals surface area contributed by atoms with Crippen molar-refractivity contribution in [2.24, 2.45) is 0 Å². The molecule has 29 heavy (non-hydrogen) atoms. The predicted octanol–water partition coefficient (Wildman–Crippen LogP) is 4.86. The second-order valence-corrected chi connectivity index (χ2v) is 9.93. The molecule has 3 rings (SSSR count). The average molecular weight is 457 g/mol. The number of nitrogens with zero attached hydrogens (tertiary/aromatic N) is 1. The Kier molecular flexibility index (Phi) is 7.96. The number of nitrogens with one attached hydrogen (secondary N) is 1. The maximum Gasteiger partial charge on any atom is 0.241 e. The zero-order chi connectivity index (χ0) is 20.9. The van der Waals surface area contributed by atoms with Crippen molar-refractivity contribution in [3.8, 4) is 0 Å². The molecule has 1 atom stereocenters. The molecule has 0 bridgehead atoms. The van der Waals surface area contributed by atoms with Crippen molar-refractivity contribution in [3.63, 3.8) is 0 Å². The third kappa shape index (κ3) is 6.41. The van der Waals surface area contributed by atoms with E-state index in [0.717, 1.165) is 18.4 Å². The van der Waals surface area contributed by atoms with Gasteiger partial charge in [0.05, 0.1) is 33.8 Å². The maximum absolute atomic E-state index is 12.9. The number of hydrogen-bond donors (Lipinski definition) is 1. The smallest absolute Gasteiger partial charge is 0.241 e. The summed E-state index contributed by atoms with van der Waals surface area (Å²) in [5.41, 5.74) is 0.742. The third-order valence-electron chi connectivity index (χ3n) is 5.02. The number of hydrogen-bond acceptors (Lipinski definition) is 4. The van der Waals surface area contributed by atoms with Crippen LogP contribution in [0.15, 0.2) is 53.4 Å². The quantitative estimate of drug-likeness (QED) is 0.547. The Morgan fingerprint density at radius 3 is 2.45 bits per heavy atom. The molecule has 5 nitrogen and oxygen atoms in total. The Bertz CT molecular complexity index is 903. The van der Waals surface area contributed by atoms with Gasteiger partial charge in [0.1, 0.15) is 0 Å². The average Bonchev–Trinajstić information content (AvgIpc) is 3.22. The van der Waals surface area contributed by atoms with E-state index >= 15 is 0 Å². The van der Waals surface area contributed by atoms with E-state index in [2.05, 4.69) is 4.72 Å². The normalized spacial score (nSPS) is 16.4. The van der Waals surface area contributed by atoms with Gasteiger partial charge in [0.15, 0.2) is 0 Å². The molecule has 1 fully saturated rings. The van der Waals surface area contributed by atoms with Crippen molar-refractivity contribution in [3.05, 3.63) is 64.1 Å². The van der Waals surface area contributed by atoms with Crippen LogP contribution in [0.4, 0.5) is 0 Å². The predicted molar refractivity (Wildman–Crippen MR) is 117 cm³/mol. The van der Waals surface area contributed by atoms with Gasteiger partial charge in [-0.3, -0.25) is 4.90 Å². The number of ether oxygens (including phenoxy) is 1. The summed E-state index contributed by atoms with van der Waals surface area (Å²) < 4.78 is 34.6. The van der Waals surface area contributed by atoms with Crippen LogP contribution in [0, 0.1) is 0 Å². The lowest BCUT2D eigenvalue weighted by Crippen LogP contribution is -2.37. The van der Waals surface area contributed by atoms with E-state index in [1.165, 1.54) is 12.8 Å². The first-order valence-corrected chi connectivity index (χ1v) is 11.9. The fourth-order valence-electron chi connectivity index (χ4n) is 3.45. The summed E-state index contributed by atoms with van der Waals surface area (Å²) >= 11 is 12.2. The fraction of sp³-hybridized carbons (Fsp3) is 0.429. The summed E-state index contributed by atoms with van der Waals surface area (Å²) in [6.45, 7) is 0.867. The van der Waals surface area contributed by atoms with E-state index in [4.69, 9.17) is 27.9 Å². The van der Waals surface area contributed by atoms with Crippen LogP contribution in [0.2, 0.25) is 10.0 Å². The van der Waals surface area contributed by atoms with Crippen LogP contribution in [-0.2, 0) is 14.8 Å². The summed E-state index contributed by atoms with van der Waals surface area (Å²) in [7, 11) is -1.79. The molecular weight excluding hydrogens is 431 g/mol. The molecule has 0 amide bonds. The summed E-state index contributed by atoms with van der Waals surface area (Å²) in [6.07, 6.45) is 4.88. The molecular formula is C21H26Cl2N2O3S. The van der Waals surface area contributed by atoms with Gasteiger partial charge in [0, 0.05) is 6.54 Å². The van der Waals surface area contributed by atoms with Crippen LogP contribution in [-0.4, -0.2) is 39.7 Å². The zero-order valence-electron chi connectivity index (χ0n) is 16.4. The van der Waals surface area contributed by atoms with Gasteiger partial charge in [0.25, 0.3) is 0 Å². The highest BCUT2D eigenvalue weighted by atomic mass is 35.5. The van der Waals surface area contributed by atoms with Gasteiger partial charge in [-0.25, -0.2) is 13.1 Å². The Morgan fingerprint density at radius 1 is 1.10 bits per heavy atom. The topological polar surface area (TPSA) is 58.6 Å². The number of rotatable bonds is 9. The van der Waals surface area contributed by atoms with E-state index in [1.807, 2.05) is 11.9 Å². The number of sulfonamides is 1. The molecule has 1 unspecified atom stereocenters. The third-order valence-corrected chi connectivity index (χ3v) is 7.25. The van der Waals surface area contributed by atoms with Gasteiger partial charge in [0.2, 0.25) is 10.0 Å². The van der Waals surface area contributed by atoms with E-state index in [0.29, 0.717) is 29.4 Å². The van der Waals surface area contributed by atoms with Crippen LogP contribution in [0.5, 0.6) is 0 Å². The van der Waals surface area contributed by atoms with Gasteiger partial charge in [-0.15, -0.1) is 0 Å². The first-order chi connectivity index (χ1) is 13.8. The highest BCUT2D eigenvalue weighted by Gasteiger charge is 2.24. The minimum Gasteiger partial charge on any atom is -0.363 e. The standard InChI is InChI=1S/C21H26Cl2N2O3S/c1-25(15-28-17-7-5-6-8-17)14-21(16-11-12-19(22)20(23)13-16)24-29(26,27)18-9-3-2-4-10-18/h2-4,9-13,17,21,24H,5-8,14-15H2,1H3. The van der Waals surface area contributed by atoms with E-state index in [9.17, 15) is 8.42 Å². The van der Waals surface area contributed by atoms with Crippen molar-refractivity contribution in [2.75, 3.05) is 20.3 Å². The minimum absolute atomic E-state index is 0.218. The van der Waals surface area contributed by atoms with Crippen molar-refractivity contribution >= 4 is 33.2 Å². The second kappa shape index (κ2) is 10.2. The Labute approximate surface area is 183 Å². The molecule has 1 N–H and O–H groups in total. The molecule has 8 heteroatoms. The molecule has 0 radical (unpaired) electrons. The summed E-state index contributed by atoms with van der Waals surface area (Å²) in [5.74, 6) is 0. The molecule has 2 aromatic carbocycles. The van der Waals surface area contributed by atoms with E-state index in [-0.39, 0.29) is 4.90 Å². The summed E-state index contributed by atoms with van der Waals surface area (Å²) in [5, 5.41) is 0.816. The van der Waals surface area contributed by atoms with Gasteiger partial charge in [-0.1, -0.05) is 60.3 Å². The molecule has 0 aromatic heterocycles. The van der Waals surface area contributed by atoms with Crippen molar-refractivity contribution in [2.45, 2.75) is 42.7 Å². The number of benzene rings is 2. The van der Waals surface area contributed by atoms with Crippen LogP contribution in [0.25, 0.3) is 0 Å². The fourth-order valence-corrected chi connectivity index (χ4v) is 4.99. The monoisotopic (exact) mass is 456 g/mol. The largest absolute Gasteiger partial charge is 0.363 e. The minimum atomic E-state index is -3.70. The van der Waals surface area contributed by atoms with Gasteiger partial charge in [-0.05, 0) is 49.7 Å². The highest BCUT2D eigenvalue weighted by Crippen LogP contribution is 2.27. The van der Waals surface area contributed by atoms with Crippen LogP contribution in [0.1, 0.15) is 37.3 Å². The van der Waals surface area contributed by atoms with Crippen LogP contribution < -0.4 is 4.72 Å². The van der Waals surface area contributed by atoms with Crippen molar-refractivity contribution < 1.29 is 13.2 Å². The molecule has 1 aliphatic carbocycles. The summed E-state index contributed by atoms with van der Waals surface area (Å²) in [4.78, 5) is 2.19. The van der Waals surface area contributed by atoms with Crippen LogP contribution >= 0.6 is 23.2 Å². The lowest BCUT2D eigenvalue weighted by atomic mass is 10.1. The second-order valence-electron chi connectivity index (χ2n) is 7.40. The van der Waals surface area contributed by atoms with Gasteiger partial charge >= 0.3 is 0 Å².